The molecule has 1 unspecified atom stereocenters. The van der Waals surface area contributed by atoms with Gasteiger partial charge in [0.15, 0.2) is 0 Å². The average Bonchev–Trinajstić information content (AvgIpc) is 2.82. The monoisotopic (exact) mass is 276 g/mol. The fourth-order valence-corrected chi connectivity index (χ4v) is 2.91. The maximum Gasteiger partial charge on any atom is 0.126 e. The summed E-state index contributed by atoms with van der Waals surface area (Å²) in [5.41, 5.74) is 1.34. The van der Waals surface area contributed by atoms with Crippen LogP contribution in [0.25, 0.3) is 0 Å². The molecule has 0 spiro atoms. The summed E-state index contributed by atoms with van der Waals surface area (Å²) in [5, 5.41) is 3.35. The maximum absolute atomic E-state index is 4.36. The summed E-state index contributed by atoms with van der Waals surface area (Å²) in [6.45, 7) is 7.83. The van der Waals surface area contributed by atoms with Crippen molar-refractivity contribution >= 4 is 5.82 Å². The van der Waals surface area contributed by atoms with E-state index < -0.39 is 0 Å². The predicted molar refractivity (Wildman–Crippen MR) is 85.0 cm³/mol. The van der Waals surface area contributed by atoms with Crippen LogP contribution >= 0.6 is 0 Å². The second kappa shape index (κ2) is 7.60. The molecule has 0 aliphatic carbocycles. The van der Waals surface area contributed by atoms with Gasteiger partial charge in [0.1, 0.15) is 5.82 Å². The number of pyridine rings is 1. The average molecular weight is 276 g/mol. The van der Waals surface area contributed by atoms with Crippen molar-refractivity contribution in [2.75, 3.05) is 45.6 Å². The molecule has 1 aromatic heterocycles. The van der Waals surface area contributed by atoms with Crippen molar-refractivity contribution in [2.24, 2.45) is 5.92 Å². The van der Waals surface area contributed by atoms with Crippen molar-refractivity contribution in [1.82, 2.24) is 14.8 Å². The number of aromatic nitrogens is 1. The summed E-state index contributed by atoms with van der Waals surface area (Å²) < 4.78 is 0. The molecule has 1 fully saturated rings. The molecule has 4 heteroatoms. The molecule has 1 saturated heterocycles. The number of nitrogens with zero attached hydrogens (tertiary/aromatic N) is 3. The molecule has 1 aliphatic heterocycles. The maximum atomic E-state index is 4.36. The van der Waals surface area contributed by atoms with Crippen LogP contribution in [0.4, 0.5) is 5.82 Å². The quantitative estimate of drug-likeness (QED) is 0.828. The summed E-state index contributed by atoms with van der Waals surface area (Å²) in [4.78, 5) is 9.22. The van der Waals surface area contributed by atoms with Crippen molar-refractivity contribution in [1.29, 1.82) is 0 Å². The van der Waals surface area contributed by atoms with Gasteiger partial charge < -0.3 is 15.1 Å². The molecule has 1 aliphatic rings. The van der Waals surface area contributed by atoms with Gasteiger partial charge in [0.05, 0.1) is 0 Å². The summed E-state index contributed by atoms with van der Waals surface area (Å²) in [6, 6.07) is 4.29. The smallest absolute Gasteiger partial charge is 0.126 e. The predicted octanol–water partition coefficient (Wildman–Crippen LogP) is 2.29. The number of likely N-dealkylation sites (tertiary alicyclic amines) is 1. The van der Waals surface area contributed by atoms with E-state index in [1.54, 1.807) is 0 Å². The second-order valence-electron chi connectivity index (χ2n) is 6.09. The molecule has 0 bridgehead atoms. The molecule has 0 radical (unpaired) electrons. The zero-order valence-electron chi connectivity index (χ0n) is 13.1. The van der Waals surface area contributed by atoms with Crippen molar-refractivity contribution in [2.45, 2.75) is 26.3 Å². The molecule has 4 nitrogen and oxygen atoms in total. The van der Waals surface area contributed by atoms with Crippen LogP contribution in [-0.2, 0) is 6.54 Å². The van der Waals surface area contributed by atoms with Crippen molar-refractivity contribution in [3.63, 3.8) is 0 Å². The Morgan fingerprint density at radius 1 is 1.50 bits per heavy atom. The van der Waals surface area contributed by atoms with Crippen molar-refractivity contribution in [3.05, 3.63) is 23.9 Å². The SMILES string of the molecule is CCCNc1cc(CN(C)CC2CCN(C)C2)ccn1. The van der Waals surface area contributed by atoms with Crippen LogP contribution in [-0.4, -0.2) is 55.1 Å². The second-order valence-corrected chi connectivity index (χ2v) is 6.09. The molecule has 112 valence electrons. The van der Waals surface area contributed by atoms with Gasteiger partial charge in [-0.15, -0.1) is 0 Å². The highest BCUT2D eigenvalue weighted by Gasteiger charge is 2.20. The van der Waals surface area contributed by atoms with E-state index >= 15 is 0 Å². The molecule has 1 N–H and O–H groups in total. The largest absolute Gasteiger partial charge is 0.370 e. The van der Waals surface area contributed by atoms with Crippen molar-refractivity contribution < 1.29 is 0 Å². The number of hydrogen-bond acceptors (Lipinski definition) is 4. The Morgan fingerprint density at radius 2 is 2.35 bits per heavy atom. The highest BCUT2D eigenvalue weighted by Crippen LogP contribution is 2.16. The lowest BCUT2D eigenvalue weighted by Gasteiger charge is -2.21. The first-order valence-electron chi connectivity index (χ1n) is 7.73. The van der Waals surface area contributed by atoms with E-state index in [-0.39, 0.29) is 0 Å². The first-order chi connectivity index (χ1) is 9.67. The Labute approximate surface area is 123 Å². The lowest BCUT2D eigenvalue weighted by molar-refractivity contribution is 0.267. The summed E-state index contributed by atoms with van der Waals surface area (Å²) >= 11 is 0. The van der Waals surface area contributed by atoms with E-state index in [2.05, 4.69) is 53.3 Å². The summed E-state index contributed by atoms with van der Waals surface area (Å²) in [6.07, 6.45) is 4.37. The normalized spacial score (nSPS) is 19.7. The Morgan fingerprint density at radius 3 is 3.05 bits per heavy atom. The number of nitrogens with one attached hydrogen (secondary N) is 1. The van der Waals surface area contributed by atoms with E-state index in [0.717, 1.165) is 31.2 Å². The third-order valence-electron chi connectivity index (χ3n) is 3.89. The standard InChI is InChI=1S/C16H28N4/c1-4-7-17-16-10-14(5-8-18-16)11-20(3)13-15-6-9-19(2)12-15/h5,8,10,15H,4,6-7,9,11-13H2,1-3H3,(H,17,18). The van der Waals surface area contributed by atoms with E-state index in [4.69, 9.17) is 0 Å². The van der Waals surface area contributed by atoms with Gasteiger partial charge in [-0.3, -0.25) is 0 Å². The van der Waals surface area contributed by atoms with Crippen LogP contribution in [0.15, 0.2) is 18.3 Å². The van der Waals surface area contributed by atoms with Gasteiger partial charge in [-0.2, -0.15) is 0 Å². The molecule has 2 heterocycles. The van der Waals surface area contributed by atoms with E-state index in [1.807, 2.05) is 6.20 Å². The molecule has 0 amide bonds. The molecular weight excluding hydrogens is 248 g/mol. The Kier molecular flexibility index (Phi) is 5.80. The van der Waals surface area contributed by atoms with Gasteiger partial charge in [0, 0.05) is 32.4 Å². The van der Waals surface area contributed by atoms with Crippen LogP contribution in [0, 0.1) is 5.92 Å². The zero-order valence-corrected chi connectivity index (χ0v) is 13.1. The number of anilines is 1. The molecule has 1 atom stereocenters. The molecule has 0 aromatic carbocycles. The van der Waals surface area contributed by atoms with Crippen LogP contribution in [0.3, 0.4) is 0 Å². The first-order valence-corrected chi connectivity index (χ1v) is 7.73. The van der Waals surface area contributed by atoms with Crippen LogP contribution in [0.1, 0.15) is 25.3 Å². The minimum absolute atomic E-state index is 0.824. The zero-order chi connectivity index (χ0) is 14.4. The third-order valence-corrected chi connectivity index (χ3v) is 3.89. The Hall–Kier alpha value is -1.13. The number of rotatable bonds is 7. The molecular formula is C16H28N4. The van der Waals surface area contributed by atoms with E-state index in [0.29, 0.717) is 0 Å². The fourth-order valence-electron chi connectivity index (χ4n) is 2.91. The fraction of sp³-hybridized carbons (Fsp3) is 0.688. The Bertz CT molecular complexity index is 407. The minimum atomic E-state index is 0.824. The van der Waals surface area contributed by atoms with E-state index in [9.17, 15) is 0 Å². The Balaban J connectivity index is 1.82. The molecule has 20 heavy (non-hydrogen) atoms. The lowest BCUT2D eigenvalue weighted by Crippen LogP contribution is -2.27. The van der Waals surface area contributed by atoms with Gasteiger partial charge >= 0.3 is 0 Å². The first kappa shape index (κ1) is 15.3. The molecule has 2 rings (SSSR count). The van der Waals surface area contributed by atoms with Crippen LogP contribution in [0.2, 0.25) is 0 Å². The van der Waals surface area contributed by atoms with Crippen molar-refractivity contribution in [3.8, 4) is 0 Å². The van der Waals surface area contributed by atoms with Gasteiger partial charge in [-0.1, -0.05) is 6.92 Å². The lowest BCUT2D eigenvalue weighted by atomic mass is 10.1. The summed E-state index contributed by atoms with van der Waals surface area (Å²) in [5.74, 6) is 1.82. The highest BCUT2D eigenvalue weighted by atomic mass is 15.1. The van der Waals surface area contributed by atoms with Gasteiger partial charge in [0.25, 0.3) is 0 Å². The number of hydrogen-bond donors (Lipinski definition) is 1. The third kappa shape index (κ3) is 4.76. The van der Waals surface area contributed by atoms with Crippen LogP contribution < -0.4 is 5.32 Å². The molecule has 1 aromatic rings. The van der Waals surface area contributed by atoms with Gasteiger partial charge in [0.2, 0.25) is 0 Å². The highest BCUT2D eigenvalue weighted by molar-refractivity contribution is 5.37. The van der Waals surface area contributed by atoms with Crippen LogP contribution in [0.5, 0.6) is 0 Å². The molecule has 0 saturated carbocycles. The van der Waals surface area contributed by atoms with Gasteiger partial charge in [-0.25, -0.2) is 4.98 Å². The minimum Gasteiger partial charge on any atom is -0.370 e. The van der Waals surface area contributed by atoms with Gasteiger partial charge in [-0.05, 0) is 57.1 Å². The summed E-state index contributed by atoms with van der Waals surface area (Å²) in [7, 11) is 4.44. The topological polar surface area (TPSA) is 31.4 Å². The van der Waals surface area contributed by atoms with E-state index in [1.165, 1.54) is 31.6 Å².